The van der Waals surface area contributed by atoms with E-state index < -0.39 is 5.60 Å². The van der Waals surface area contributed by atoms with Gasteiger partial charge in [-0.25, -0.2) is 4.79 Å². The number of piperazine rings is 1. The smallest absolute Gasteiger partial charge is 0.410 e. The highest BCUT2D eigenvalue weighted by Gasteiger charge is 2.25. The van der Waals surface area contributed by atoms with Gasteiger partial charge in [0.15, 0.2) is 0 Å². The van der Waals surface area contributed by atoms with Gasteiger partial charge in [0.2, 0.25) is 0 Å². The summed E-state index contributed by atoms with van der Waals surface area (Å²) in [7, 11) is 0. The van der Waals surface area contributed by atoms with Crippen LogP contribution in [0, 0.1) is 0 Å². The Kier molecular flexibility index (Phi) is 6.91. The van der Waals surface area contributed by atoms with Crippen molar-refractivity contribution in [1.82, 2.24) is 14.8 Å². The Bertz CT molecular complexity index is 1190. The number of amides is 1. The van der Waals surface area contributed by atoms with Crippen LogP contribution in [-0.2, 0) is 16.6 Å². The number of pyridine rings is 1. The van der Waals surface area contributed by atoms with E-state index in [1.54, 1.807) is 4.90 Å². The van der Waals surface area contributed by atoms with Gasteiger partial charge in [-0.2, -0.15) is 0 Å². The molecule has 4 rings (SSSR count). The molecule has 2 heterocycles. The van der Waals surface area contributed by atoms with Crippen LogP contribution in [0.2, 0.25) is 0 Å². The molecule has 33 heavy (non-hydrogen) atoms. The van der Waals surface area contributed by atoms with E-state index in [1.807, 2.05) is 39.0 Å². The minimum atomic E-state index is -0.471. The molecular formula is C26H30BrN3O3. The summed E-state index contributed by atoms with van der Waals surface area (Å²) >= 11 is 3.52. The van der Waals surface area contributed by atoms with Crippen molar-refractivity contribution in [2.45, 2.75) is 38.2 Å². The molecule has 0 spiro atoms. The second-order valence-corrected chi connectivity index (χ2v) is 10.0. The summed E-state index contributed by atoms with van der Waals surface area (Å²) in [6, 6.07) is 16.2. The molecule has 1 aliphatic rings. The molecule has 1 aliphatic heterocycles. The molecule has 1 N–H and O–H groups in total. The Morgan fingerprint density at radius 2 is 1.73 bits per heavy atom. The normalized spacial score (nSPS) is 15.1. The van der Waals surface area contributed by atoms with E-state index in [1.165, 1.54) is 5.56 Å². The Hall–Kier alpha value is -2.64. The lowest BCUT2D eigenvalue weighted by molar-refractivity contribution is 0.0139. The number of carbonyl (C=O) groups excluding carboxylic acids is 1. The second-order valence-electron chi connectivity index (χ2n) is 9.46. The highest BCUT2D eigenvalue weighted by molar-refractivity contribution is 9.08. The van der Waals surface area contributed by atoms with E-state index in [0.717, 1.165) is 41.8 Å². The third-order valence-corrected chi connectivity index (χ3v) is 6.42. The first-order valence-corrected chi connectivity index (χ1v) is 12.4. The molecule has 7 heteroatoms. The first-order chi connectivity index (χ1) is 15.7. The van der Waals surface area contributed by atoms with Crippen molar-refractivity contribution in [2.75, 3.05) is 26.2 Å². The molecule has 0 atom stereocenters. The van der Waals surface area contributed by atoms with Crippen LogP contribution in [-0.4, -0.2) is 52.7 Å². The van der Waals surface area contributed by atoms with Crippen molar-refractivity contribution in [3.63, 3.8) is 0 Å². The average Bonchev–Trinajstić information content (AvgIpc) is 2.78. The highest BCUT2D eigenvalue weighted by Crippen LogP contribution is 2.24. The summed E-state index contributed by atoms with van der Waals surface area (Å²) in [6.07, 6.45) is -0.237. The van der Waals surface area contributed by atoms with Gasteiger partial charge in [-0.3, -0.25) is 9.69 Å². The molecule has 1 saturated heterocycles. The molecule has 1 fully saturated rings. The maximum Gasteiger partial charge on any atom is 0.410 e. The lowest BCUT2D eigenvalue weighted by Crippen LogP contribution is -2.49. The topological polar surface area (TPSA) is 65.6 Å². The summed E-state index contributed by atoms with van der Waals surface area (Å²) in [5.41, 5.74) is 3.56. The second kappa shape index (κ2) is 9.69. The van der Waals surface area contributed by atoms with Gasteiger partial charge in [0.25, 0.3) is 5.56 Å². The molecule has 0 aliphatic carbocycles. The fourth-order valence-electron chi connectivity index (χ4n) is 4.09. The zero-order valence-corrected chi connectivity index (χ0v) is 20.9. The van der Waals surface area contributed by atoms with Gasteiger partial charge in [-0.05, 0) is 55.0 Å². The summed E-state index contributed by atoms with van der Waals surface area (Å²) in [4.78, 5) is 32.0. The number of fused-ring (bicyclic) bond motifs is 1. The lowest BCUT2D eigenvalue weighted by Gasteiger charge is -2.35. The van der Waals surface area contributed by atoms with Gasteiger partial charge in [-0.1, -0.05) is 52.3 Å². The van der Waals surface area contributed by atoms with Crippen LogP contribution in [0.25, 0.3) is 22.0 Å². The fraction of sp³-hybridized carbons (Fsp3) is 0.385. The molecule has 3 aromatic rings. The Morgan fingerprint density at radius 3 is 2.36 bits per heavy atom. The summed E-state index contributed by atoms with van der Waals surface area (Å²) < 4.78 is 5.48. The molecule has 1 amide bonds. The molecule has 1 aromatic heterocycles. The van der Waals surface area contributed by atoms with Crippen molar-refractivity contribution in [1.29, 1.82) is 0 Å². The Morgan fingerprint density at radius 1 is 1.03 bits per heavy atom. The van der Waals surface area contributed by atoms with Crippen LogP contribution in [0.5, 0.6) is 0 Å². The highest BCUT2D eigenvalue weighted by atomic mass is 79.9. The quantitative estimate of drug-likeness (QED) is 0.492. The largest absolute Gasteiger partial charge is 0.444 e. The number of nitrogens with zero attached hydrogens (tertiary/aromatic N) is 2. The van der Waals surface area contributed by atoms with E-state index in [9.17, 15) is 9.59 Å². The number of halogens is 1. The first-order valence-electron chi connectivity index (χ1n) is 11.2. The maximum atomic E-state index is 12.6. The summed E-state index contributed by atoms with van der Waals surface area (Å²) in [6.45, 7) is 9.45. The SMILES string of the molecule is CC(C)(C)OC(=O)N1CCN(Cc2ccc(-c3cc4c(CBr)cccc4c(=O)[nH]3)cc2)CC1. The minimum Gasteiger partial charge on any atom is -0.444 e. The van der Waals surface area contributed by atoms with Gasteiger partial charge < -0.3 is 14.6 Å². The van der Waals surface area contributed by atoms with Crippen LogP contribution in [0.1, 0.15) is 31.9 Å². The van der Waals surface area contributed by atoms with Crippen molar-refractivity contribution in [2.24, 2.45) is 0 Å². The number of carbonyl (C=O) groups is 1. The summed E-state index contributed by atoms with van der Waals surface area (Å²) in [5, 5.41) is 2.38. The van der Waals surface area contributed by atoms with E-state index in [2.05, 4.69) is 56.1 Å². The maximum absolute atomic E-state index is 12.6. The number of nitrogens with one attached hydrogen (secondary N) is 1. The Balaban J connectivity index is 1.42. The predicted molar refractivity (Wildman–Crippen MR) is 136 cm³/mol. The van der Waals surface area contributed by atoms with Crippen molar-refractivity contribution in [3.8, 4) is 11.3 Å². The van der Waals surface area contributed by atoms with Gasteiger partial charge in [0.05, 0.1) is 0 Å². The number of rotatable bonds is 4. The first kappa shape index (κ1) is 23.5. The third-order valence-electron chi connectivity index (χ3n) is 5.82. The minimum absolute atomic E-state index is 0.0720. The molecule has 0 bridgehead atoms. The number of H-pyrrole nitrogens is 1. The fourth-order valence-corrected chi connectivity index (χ4v) is 4.58. The zero-order valence-electron chi connectivity index (χ0n) is 19.4. The molecular weight excluding hydrogens is 482 g/mol. The van der Waals surface area contributed by atoms with Crippen molar-refractivity contribution >= 4 is 32.8 Å². The molecule has 2 aromatic carbocycles. The molecule has 174 valence electrons. The molecule has 6 nitrogen and oxygen atoms in total. The number of hydrogen-bond donors (Lipinski definition) is 1. The average molecular weight is 512 g/mol. The Labute approximate surface area is 202 Å². The van der Waals surface area contributed by atoms with E-state index in [4.69, 9.17) is 4.74 Å². The number of aromatic nitrogens is 1. The number of benzene rings is 2. The third kappa shape index (κ3) is 5.65. The molecule has 0 unspecified atom stereocenters. The lowest BCUT2D eigenvalue weighted by atomic mass is 10.0. The number of aromatic amines is 1. The van der Waals surface area contributed by atoms with Gasteiger partial charge in [0.1, 0.15) is 5.60 Å². The number of hydrogen-bond acceptors (Lipinski definition) is 4. The zero-order chi connectivity index (χ0) is 23.6. The van der Waals surface area contributed by atoms with Gasteiger partial charge >= 0.3 is 6.09 Å². The number of ether oxygens (including phenoxy) is 1. The van der Waals surface area contributed by atoms with Crippen molar-refractivity contribution in [3.05, 3.63) is 70.0 Å². The van der Waals surface area contributed by atoms with Crippen LogP contribution < -0.4 is 5.56 Å². The van der Waals surface area contributed by atoms with Crippen LogP contribution in [0.4, 0.5) is 4.79 Å². The van der Waals surface area contributed by atoms with Crippen LogP contribution >= 0.6 is 15.9 Å². The van der Waals surface area contributed by atoms with Gasteiger partial charge in [0, 0.05) is 49.1 Å². The van der Waals surface area contributed by atoms with Crippen LogP contribution in [0.3, 0.4) is 0 Å². The van der Waals surface area contributed by atoms with E-state index in [-0.39, 0.29) is 11.7 Å². The van der Waals surface area contributed by atoms with E-state index >= 15 is 0 Å². The monoisotopic (exact) mass is 511 g/mol. The van der Waals surface area contributed by atoms with Crippen LogP contribution in [0.15, 0.2) is 53.3 Å². The standard InChI is InChI=1S/C26H30BrN3O3/c1-26(2,3)33-25(32)30-13-11-29(12-14-30)17-18-7-9-19(10-8-18)23-15-22-20(16-27)5-4-6-21(22)24(31)28-23/h4-10,15H,11-14,16-17H2,1-3H3,(H,28,31). The number of alkyl halides is 1. The molecule has 0 saturated carbocycles. The predicted octanol–water partition coefficient (Wildman–Crippen LogP) is 5.14. The van der Waals surface area contributed by atoms with Crippen molar-refractivity contribution < 1.29 is 9.53 Å². The van der Waals surface area contributed by atoms with E-state index in [0.29, 0.717) is 23.8 Å². The molecule has 0 radical (unpaired) electrons. The summed E-state index contributed by atoms with van der Waals surface area (Å²) in [5.74, 6) is 0. The van der Waals surface area contributed by atoms with Gasteiger partial charge in [-0.15, -0.1) is 0 Å².